The summed E-state index contributed by atoms with van der Waals surface area (Å²) in [6.07, 6.45) is 6.49. The van der Waals surface area contributed by atoms with Crippen molar-refractivity contribution in [3.8, 4) is 0 Å². The summed E-state index contributed by atoms with van der Waals surface area (Å²) in [7, 11) is 0. The zero-order valence-corrected chi connectivity index (χ0v) is 9.29. The van der Waals surface area contributed by atoms with E-state index in [9.17, 15) is 4.79 Å². The van der Waals surface area contributed by atoms with Crippen molar-refractivity contribution in [2.24, 2.45) is 5.92 Å². The molecule has 15 heavy (non-hydrogen) atoms. The average Bonchev–Trinajstić information content (AvgIpc) is 2.23. The summed E-state index contributed by atoms with van der Waals surface area (Å²) in [6, 6.07) is 0.432. The normalized spacial score (nSPS) is 32.7. The Morgan fingerprint density at radius 3 is 3.27 bits per heavy atom. The van der Waals surface area contributed by atoms with Gasteiger partial charge in [0.2, 0.25) is 0 Å². The second-order valence-electron chi connectivity index (χ2n) is 4.41. The molecule has 3 nitrogen and oxygen atoms in total. The van der Waals surface area contributed by atoms with Crippen LogP contribution in [0.2, 0.25) is 0 Å². The van der Waals surface area contributed by atoms with E-state index in [1.807, 2.05) is 6.92 Å². The van der Waals surface area contributed by atoms with Crippen LogP contribution in [0.3, 0.4) is 0 Å². The maximum atomic E-state index is 11.3. The number of hydrogen-bond acceptors (Lipinski definition) is 3. The Labute approximate surface area is 90.9 Å². The number of nitrogens with one attached hydrogen (secondary N) is 1. The topological polar surface area (TPSA) is 38.3 Å². The quantitative estimate of drug-likeness (QED) is 0.555. The molecule has 2 fully saturated rings. The van der Waals surface area contributed by atoms with Crippen molar-refractivity contribution in [1.29, 1.82) is 0 Å². The van der Waals surface area contributed by atoms with Crippen LogP contribution in [0.1, 0.15) is 32.6 Å². The Kier molecular flexibility index (Phi) is 3.41. The minimum absolute atomic E-state index is 0.182. The van der Waals surface area contributed by atoms with Crippen LogP contribution in [-0.4, -0.2) is 25.2 Å². The highest BCUT2D eigenvalue weighted by Gasteiger charge is 2.29. The van der Waals surface area contributed by atoms with Crippen molar-refractivity contribution in [1.82, 2.24) is 5.32 Å². The van der Waals surface area contributed by atoms with Crippen molar-refractivity contribution in [3.05, 3.63) is 11.6 Å². The summed E-state index contributed by atoms with van der Waals surface area (Å²) in [5.41, 5.74) is 1.24. The van der Waals surface area contributed by atoms with Crippen LogP contribution in [0.4, 0.5) is 0 Å². The van der Waals surface area contributed by atoms with Gasteiger partial charge in [0, 0.05) is 12.1 Å². The van der Waals surface area contributed by atoms with Crippen LogP contribution < -0.4 is 5.32 Å². The molecule has 3 heteroatoms. The van der Waals surface area contributed by atoms with Crippen molar-refractivity contribution in [2.75, 3.05) is 13.2 Å². The Bertz CT molecular complexity index is 273. The number of rotatable bonds is 2. The highest BCUT2D eigenvalue weighted by atomic mass is 16.5. The first kappa shape index (κ1) is 10.7. The number of ether oxygens (including phenoxy) is 1. The highest BCUT2D eigenvalue weighted by Crippen LogP contribution is 2.33. The van der Waals surface area contributed by atoms with Crippen molar-refractivity contribution in [2.45, 2.75) is 38.6 Å². The molecule has 1 saturated heterocycles. The van der Waals surface area contributed by atoms with Gasteiger partial charge in [-0.3, -0.25) is 0 Å². The fourth-order valence-corrected chi connectivity index (χ4v) is 2.59. The van der Waals surface area contributed by atoms with Gasteiger partial charge in [0.05, 0.1) is 6.61 Å². The van der Waals surface area contributed by atoms with E-state index in [0.717, 1.165) is 18.9 Å². The van der Waals surface area contributed by atoms with Crippen LogP contribution in [0.5, 0.6) is 0 Å². The second kappa shape index (κ2) is 4.79. The van der Waals surface area contributed by atoms with Gasteiger partial charge >= 0.3 is 5.97 Å². The fourth-order valence-electron chi connectivity index (χ4n) is 2.59. The molecule has 84 valence electrons. The molecule has 1 aliphatic heterocycles. The number of hydrogen-bond donors (Lipinski definition) is 1. The lowest BCUT2D eigenvalue weighted by atomic mass is 9.78. The fraction of sp³-hybridized carbons (Fsp3) is 0.750. The van der Waals surface area contributed by atoms with Crippen LogP contribution >= 0.6 is 0 Å². The molecule has 1 aliphatic carbocycles. The van der Waals surface area contributed by atoms with Gasteiger partial charge in [0.15, 0.2) is 0 Å². The minimum atomic E-state index is -0.182. The molecule has 0 aromatic carbocycles. The van der Waals surface area contributed by atoms with E-state index in [-0.39, 0.29) is 5.97 Å². The molecule has 1 saturated carbocycles. The lowest BCUT2D eigenvalue weighted by Crippen LogP contribution is -2.42. The molecule has 2 aliphatic rings. The van der Waals surface area contributed by atoms with Crippen molar-refractivity contribution in [3.63, 3.8) is 0 Å². The summed E-state index contributed by atoms with van der Waals surface area (Å²) >= 11 is 0. The van der Waals surface area contributed by atoms with E-state index in [1.54, 1.807) is 6.08 Å². The largest absolute Gasteiger partial charge is 0.463 e. The van der Waals surface area contributed by atoms with Gasteiger partial charge in [-0.25, -0.2) is 4.79 Å². The van der Waals surface area contributed by atoms with Crippen LogP contribution in [0.15, 0.2) is 11.6 Å². The molecular weight excluding hydrogens is 190 g/mol. The second-order valence-corrected chi connectivity index (χ2v) is 4.41. The highest BCUT2D eigenvalue weighted by molar-refractivity contribution is 5.83. The van der Waals surface area contributed by atoms with Crippen LogP contribution in [0, 0.1) is 5.92 Å². The van der Waals surface area contributed by atoms with Crippen molar-refractivity contribution < 1.29 is 9.53 Å². The number of esters is 1. The molecular formula is C12H19NO2. The maximum absolute atomic E-state index is 11.3. The van der Waals surface area contributed by atoms with E-state index >= 15 is 0 Å². The standard InChI is InChI=1S/C12H19NO2/c1-2-15-12(14)8-10-4-3-9-5-6-13-11(10)7-9/h8-9,11,13H,2-7H2,1H3/b10-8+. The monoisotopic (exact) mass is 209 g/mol. The molecule has 0 radical (unpaired) electrons. The van der Waals surface area contributed by atoms with Gasteiger partial charge < -0.3 is 10.1 Å². The van der Waals surface area contributed by atoms with Gasteiger partial charge in [0.1, 0.15) is 0 Å². The first-order valence-corrected chi connectivity index (χ1v) is 5.90. The maximum Gasteiger partial charge on any atom is 0.330 e. The molecule has 2 atom stereocenters. The van der Waals surface area contributed by atoms with Gasteiger partial charge in [0.25, 0.3) is 0 Å². The molecule has 2 rings (SSSR count). The smallest absolute Gasteiger partial charge is 0.330 e. The number of carbonyl (C=O) groups excluding carboxylic acids is 1. The number of piperidine rings is 1. The SMILES string of the molecule is CCOC(=O)/C=C1\CCC2CCNC1C2. The lowest BCUT2D eigenvalue weighted by molar-refractivity contribution is -0.137. The molecule has 0 aromatic heterocycles. The van der Waals surface area contributed by atoms with Gasteiger partial charge in [-0.15, -0.1) is 0 Å². The summed E-state index contributed by atoms with van der Waals surface area (Å²) in [5.74, 6) is 0.689. The molecule has 0 aromatic rings. The summed E-state index contributed by atoms with van der Waals surface area (Å²) < 4.78 is 4.94. The average molecular weight is 209 g/mol. The van der Waals surface area contributed by atoms with Gasteiger partial charge in [-0.05, 0) is 50.6 Å². The summed E-state index contributed by atoms with van der Waals surface area (Å²) in [5, 5.41) is 3.47. The van der Waals surface area contributed by atoms with Gasteiger partial charge in [-0.1, -0.05) is 0 Å². The van der Waals surface area contributed by atoms with Crippen LogP contribution in [0.25, 0.3) is 0 Å². The third-order valence-corrected chi connectivity index (χ3v) is 3.39. The zero-order valence-electron chi connectivity index (χ0n) is 9.29. The molecule has 2 bridgehead atoms. The molecule has 2 unspecified atom stereocenters. The van der Waals surface area contributed by atoms with E-state index < -0.39 is 0 Å². The van der Waals surface area contributed by atoms with Crippen molar-refractivity contribution >= 4 is 5.97 Å². The Hall–Kier alpha value is -0.830. The zero-order chi connectivity index (χ0) is 10.7. The van der Waals surface area contributed by atoms with Gasteiger partial charge in [-0.2, -0.15) is 0 Å². The lowest BCUT2D eigenvalue weighted by Gasteiger charge is -2.37. The van der Waals surface area contributed by atoms with E-state index in [2.05, 4.69) is 5.32 Å². The molecule has 0 spiro atoms. The first-order valence-electron chi connectivity index (χ1n) is 5.90. The van der Waals surface area contributed by atoms with Crippen LogP contribution in [-0.2, 0) is 9.53 Å². The molecule has 1 heterocycles. The Balaban J connectivity index is 1.99. The molecule has 1 N–H and O–H groups in total. The first-order chi connectivity index (χ1) is 7.29. The van der Waals surface area contributed by atoms with E-state index in [0.29, 0.717) is 12.6 Å². The van der Waals surface area contributed by atoms with E-state index in [4.69, 9.17) is 4.74 Å². The summed E-state index contributed by atoms with van der Waals surface area (Å²) in [6.45, 7) is 3.39. The Morgan fingerprint density at radius 1 is 1.60 bits per heavy atom. The number of fused-ring (bicyclic) bond motifs is 2. The Morgan fingerprint density at radius 2 is 2.47 bits per heavy atom. The summed E-state index contributed by atoms with van der Waals surface area (Å²) in [4.78, 5) is 11.3. The predicted molar refractivity (Wildman–Crippen MR) is 58.5 cm³/mol. The predicted octanol–water partition coefficient (Wildman–Crippen LogP) is 1.64. The third-order valence-electron chi connectivity index (χ3n) is 3.39. The third kappa shape index (κ3) is 2.59. The number of carbonyl (C=O) groups is 1. The van der Waals surface area contributed by atoms with E-state index in [1.165, 1.54) is 24.8 Å². The molecule has 0 amide bonds. The minimum Gasteiger partial charge on any atom is -0.463 e.